The topological polar surface area (TPSA) is 105 Å². The Balaban J connectivity index is 1.40. The number of anilines is 1. The van der Waals surface area contributed by atoms with Gasteiger partial charge in [0.1, 0.15) is 12.1 Å². The van der Waals surface area contributed by atoms with Crippen LogP contribution in [0, 0.1) is 0 Å². The Morgan fingerprint density at radius 1 is 1.06 bits per heavy atom. The molecule has 0 radical (unpaired) electrons. The van der Waals surface area contributed by atoms with E-state index in [0.29, 0.717) is 31.7 Å². The van der Waals surface area contributed by atoms with Gasteiger partial charge in [0.15, 0.2) is 11.6 Å². The van der Waals surface area contributed by atoms with Crippen LogP contribution in [0.1, 0.15) is 18.1 Å². The smallest absolute Gasteiger partial charge is 0.416 e. The van der Waals surface area contributed by atoms with Crippen molar-refractivity contribution >= 4 is 17.8 Å². The van der Waals surface area contributed by atoms with E-state index in [1.165, 1.54) is 37.9 Å². The number of hydrogen-bond donors (Lipinski definition) is 1. The maximum atomic E-state index is 13.5. The van der Waals surface area contributed by atoms with E-state index in [2.05, 4.69) is 20.4 Å². The van der Waals surface area contributed by atoms with Crippen molar-refractivity contribution in [3.63, 3.8) is 0 Å². The highest BCUT2D eigenvalue weighted by Gasteiger charge is 2.32. The van der Waals surface area contributed by atoms with Gasteiger partial charge in [-0.15, -0.1) is 5.10 Å². The minimum Gasteiger partial charge on any atom is -0.454 e. The molecule has 184 valence electrons. The van der Waals surface area contributed by atoms with Crippen LogP contribution < -0.4 is 10.1 Å². The van der Waals surface area contributed by atoms with Crippen LogP contribution in [0.5, 0.6) is 11.5 Å². The largest absolute Gasteiger partial charge is 0.454 e. The summed E-state index contributed by atoms with van der Waals surface area (Å²) < 4.78 is 47.1. The fourth-order valence-corrected chi connectivity index (χ4v) is 3.63. The molecule has 3 aromatic rings. The molecule has 1 saturated heterocycles. The van der Waals surface area contributed by atoms with Crippen molar-refractivity contribution in [2.75, 3.05) is 31.5 Å². The number of nitrogens with zero attached hydrogens (tertiary/aromatic N) is 6. The second-order valence-corrected chi connectivity index (χ2v) is 7.91. The second-order valence-electron chi connectivity index (χ2n) is 7.91. The summed E-state index contributed by atoms with van der Waals surface area (Å²) >= 11 is 0. The molecular weight excluding hydrogens is 467 g/mol. The first-order valence-electron chi connectivity index (χ1n) is 10.7. The van der Waals surface area contributed by atoms with Crippen molar-refractivity contribution in [2.24, 2.45) is 0 Å². The minimum atomic E-state index is -4.54. The van der Waals surface area contributed by atoms with Crippen molar-refractivity contribution in [3.05, 3.63) is 60.3 Å². The Kier molecular flexibility index (Phi) is 6.96. The molecule has 2 aromatic heterocycles. The lowest BCUT2D eigenvalue weighted by atomic mass is 10.1. The number of hydrogen-bond acceptors (Lipinski definition) is 7. The summed E-state index contributed by atoms with van der Waals surface area (Å²) in [5.74, 6) is 0.239. The predicted octanol–water partition coefficient (Wildman–Crippen LogP) is 3.23. The van der Waals surface area contributed by atoms with E-state index in [4.69, 9.17) is 4.74 Å². The Labute approximate surface area is 198 Å². The van der Waals surface area contributed by atoms with Crippen LogP contribution in [-0.4, -0.2) is 67.7 Å². The predicted molar refractivity (Wildman–Crippen MR) is 118 cm³/mol. The third-order valence-corrected chi connectivity index (χ3v) is 5.20. The number of alkyl halides is 3. The number of benzene rings is 1. The molecule has 2 amide bonds. The average molecular weight is 489 g/mol. The summed E-state index contributed by atoms with van der Waals surface area (Å²) in [6.07, 6.45) is 0.946. The van der Waals surface area contributed by atoms with Crippen LogP contribution >= 0.6 is 0 Å². The fraction of sp³-hybridized carbons (Fsp3) is 0.318. The zero-order chi connectivity index (χ0) is 25.0. The molecule has 0 bridgehead atoms. The molecule has 1 fully saturated rings. The highest BCUT2D eigenvalue weighted by molar-refractivity contribution is 5.88. The molecular formula is C22H22F3N7O3. The van der Waals surface area contributed by atoms with Gasteiger partial charge < -0.3 is 15.0 Å². The Hall–Kier alpha value is -4.00. The van der Waals surface area contributed by atoms with Gasteiger partial charge in [-0.2, -0.15) is 17.9 Å². The first kappa shape index (κ1) is 24.1. The molecule has 4 rings (SSSR count). The van der Waals surface area contributed by atoms with Gasteiger partial charge in [0.2, 0.25) is 5.91 Å². The van der Waals surface area contributed by atoms with Gasteiger partial charge in [-0.25, -0.2) is 14.8 Å². The van der Waals surface area contributed by atoms with Crippen molar-refractivity contribution in [1.82, 2.24) is 29.5 Å². The molecule has 3 heterocycles. The van der Waals surface area contributed by atoms with Crippen LogP contribution in [0.4, 0.5) is 23.8 Å². The van der Waals surface area contributed by atoms with Crippen molar-refractivity contribution in [2.45, 2.75) is 19.6 Å². The first-order valence-corrected chi connectivity index (χ1v) is 10.7. The van der Waals surface area contributed by atoms with E-state index in [1.54, 1.807) is 11.0 Å². The molecule has 35 heavy (non-hydrogen) atoms. The number of piperazine rings is 1. The average Bonchev–Trinajstić information content (AvgIpc) is 3.27. The van der Waals surface area contributed by atoms with Crippen LogP contribution in [0.15, 0.2) is 49.2 Å². The maximum absolute atomic E-state index is 13.5. The van der Waals surface area contributed by atoms with E-state index < -0.39 is 11.7 Å². The van der Waals surface area contributed by atoms with Crippen molar-refractivity contribution in [3.8, 4) is 11.5 Å². The lowest BCUT2D eigenvalue weighted by Crippen LogP contribution is -2.49. The summed E-state index contributed by atoms with van der Waals surface area (Å²) in [5, 5.41) is 6.54. The summed E-state index contributed by atoms with van der Waals surface area (Å²) in [5.41, 5.74) is -0.386. The molecule has 0 spiro atoms. The molecule has 1 N–H and O–H groups in total. The number of aromatic nitrogens is 4. The number of nitrogens with one attached hydrogen (secondary N) is 1. The number of amides is 2. The van der Waals surface area contributed by atoms with E-state index in [0.717, 1.165) is 16.8 Å². The van der Waals surface area contributed by atoms with Gasteiger partial charge in [-0.1, -0.05) is 0 Å². The van der Waals surface area contributed by atoms with Gasteiger partial charge >= 0.3 is 12.2 Å². The lowest BCUT2D eigenvalue weighted by molar-refractivity contribution is -0.137. The van der Waals surface area contributed by atoms with Gasteiger partial charge in [0.25, 0.3) is 0 Å². The Morgan fingerprint density at radius 2 is 1.77 bits per heavy atom. The number of carbonyl (C=O) groups is 2. The zero-order valence-corrected chi connectivity index (χ0v) is 18.7. The number of rotatable bonds is 5. The molecule has 1 aliphatic rings. The van der Waals surface area contributed by atoms with E-state index >= 15 is 0 Å². The van der Waals surface area contributed by atoms with Gasteiger partial charge in [0, 0.05) is 51.9 Å². The Bertz CT molecular complexity index is 1190. The molecule has 0 aliphatic carbocycles. The normalized spacial score (nSPS) is 14.6. The lowest BCUT2D eigenvalue weighted by Gasteiger charge is -2.34. The maximum Gasteiger partial charge on any atom is 0.416 e. The first-order chi connectivity index (χ1) is 16.7. The third kappa shape index (κ3) is 6.32. The second kappa shape index (κ2) is 10.1. The summed E-state index contributed by atoms with van der Waals surface area (Å²) in [7, 11) is 0. The third-order valence-electron chi connectivity index (χ3n) is 5.20. The van der Waals surface area contributed by atoms with Crippen molar-refractivity contribution in [1.29, 1.82) is 0 Å². The van der Waals surface area contributed by atoms with E-state index in [1.807, 2.05) is 4.90 Å². The number of ether oxygens (including phenoxy) is 1. The van der Waals surface area contributed by atoms with Crippen LogP contribution in [0.25, 0.3) is 0 Å². The molecule has 0 unspecified atom stereocenters. The van der Waals surface area contributed by atoms with Crippen molar-refractivity contribution < 1.29 is 27.5 Å². The molecule has 10 nitrogen and oxygen atoms in total. The van der Waals surface area contributed by atoms with Gasteiger partial charge in [-0.05, 0) is 23.8 Å². The van der Waals surface area contributed by atoms with E-state index in [9.17, 15) is 22.8 Å². The van der Waals surface area contributed by atoms with Crippen LogP contribution in [0.3, 0.4) is 0 Å². The molecule has 13 heteroatoms. The summed E-state index contributed by atoms with van der Waals surface area (Å²) in [6, 6.07) is 4.75. The fourth-order valence-electron chi connectivity index (χ4n) is 3.63. The molecule has 0 atom stereocenters. The summed E-state index contributed by atoms with van der Waals surface area (Å²) in [4.78, 5) is 35.0. The molecule has 1 aliphatic heterocycles. The standard InChI is InChI=1S/C22H22F3N7O3/c1-15(33)28-20-2-3-32(29-20)21(34)31-6-4-30(5-7-31)13-16-8-17(22(23,24)25)10-18(9-16)35-19-11-26-14-27-12-19/h2-3,8-12,14H,4-7,13H2,1H3,(H,28,29,33). The van der Waals surface area contributed by atoms with Crippen LogP contribution in [0.2, 0.25) is 0 Å². The SMILES string of the molecule is CC(=O)Nc1ccn(C(=O)N2CCN(Cc3cc(Oc4cncnc4)cc(C(F)(F)F)c3)CC2)n1. The Morgan fingerprint density at radius 3 is 2.43 bits per heavy atom. The quantitative estimate of drug-likeness (QED) is 0.587. The summed E-state index contributed by atoms with van der Waals surface area (Å²) in [6.45, 7) is 3.27. The van der Waals surface area contributed by atoms with Gasteiger partial charge in [-0.3, -0.25) is 9.69 Å². The highest BCUT2D eigenvalue weighted by atomic mass is 19.4. The van der Waals surface area contributed by atoms with Crippen LogP contribution in [-0.2, 0) is 17.5 Å². The molecule has 1 aromatic carbocycles. The minimum absolute atomic E-state index is 0.0343. The highest BCUT2D eigenvalue weighted by Crippen LogP contribution is 2.34. The van der Waals surface area contributed by atoms with E-state index in [-0.39, 0.29) is 35.8 Å². The zero-order valence-electron chi connectivity index (χ0n) is 18.7. The van der Waals surface area contributed by atoms with Gasteiger partial charge in [0.05, 0.1) is 18.0 Å². The molecule has 0 saturated carbocycles. The monoisotopic (exact) mass is 489 g/mol. The number of carbonyl (C=O) groups excluding carboxylic acids is 2. The number of halogens is 3.